The molecule has 0 fully saturated rings. The lowest BCUT2D eigenvalue weighted by Crippen LogP contribution is -2.32. The van der Waals surface area contributed by atoms with Gasteiger partial charge in [-0.15, -0.1) is 0 Å². The van der Waals surface area contributed by atoms with Gasteiger partial charge in [0.05, 0.1) is 11.5 Å². The van der Waals surface area contributed by atoms with Crippen molar-refractivity contribution in [3.05, 3.63) is 68.2 Å². The van der Waals surface area contributed by atoms with Crippen LogP contribution in [0.2, 0.25) is 0 Å². The summed E-state index contributed by atoms with van der Waals surface area (Å²) >= 11 is 3.26. The smallest absolute Gasteiger partial charge is 0.274 e. The van der Waals surface area contributed by atoms with Crippen LogP contribution in [0.5, 0.6) is 0 Å². The van der Waals surface area contributed by atoms with E-state index in [4.69, 9.17) is 0 Å². The van der Waals surface area contributed by atoms with Crippen molar-refractivity contribution >= 4 is 39.1 Å². The molecule has 124 valence electrons. The van der Waals surface area contributed by atoms with E-state index in [9.17, 15) is 19.7 Å². The molecule has 24 heavy (non-hydrogen) atoms. The van der Waals surface area contributed by atoms with Crippen molar-refractivity contribution in [1.82, 2.24) is 5.32 Å². The number of nitrogens with zero attached hydrogens (tertiary/aromatic N) is 1. The number of amides is 2. The highest BCUT2D eigenvalue weighted by Crippen LogP contribution is 2.22. The molecule has 0 saturated carbocycles. The summed E-state index contributed by atoms with van der Waals surface area (Å²) in [4.78, 5) is 34.2. The maximum Gasteiger partial charge on any atom is 0.274 e. The Morgan fingerprint density at radius 1 is 1.21 bits per heavy atom. The molecule has 0 radical (unpaired) electrons. The Bertz CT molecular complexity index is 808. The van der Waals surface area contributed by atoms with Gasteiger partial charge in [0.1, 0.15) is 0 Å². The van der Waals surface area contributed by atoms with Crippen molar-refractivity contribution in [2.24, 2.45) is 0 Å². The van der Waals surface area contributed by atoms with Crippen molar-refractivity contribution in [3.8, 4) is 0 Å². The number of rotatable bonds is 5. The molecule has 0 heterocycles. The van der Waals surface area contributed by atoms with Gasteiger partial charge in [0.25, 0.3) is 11.6 Å². The molecule has 0 aliphatic heterocycles. The molecular weight excluding hydrogens is 378 g/mol. The number of hydrogen-bond acceptors (Lipinski definition) is 4. The van der Waals surface area contributed by atoms with Crippen LogP contribution >= 0.6 is 15.9 Å². The molecule has 8 heteroatoms. The summed E-state index contributed by atoms with van der Waals surface area (Å²) in [6.07, 6.45) is 0. The number of nitro benzene ring substituents is 1. The topological polar surface area (TPSA) is 101 Å². The van der Waals surface area contributed by atoms with Crippen LogP contribution < -0.4 is 10.6 Å². The highest BCUT2D eigenvalue weighted by atomic mass is 79.9. The predicted octanol–water partition coefficient (Wildman–Crippen LogP) is 3.03. The molecule has 2 aromatic rings. The lowest BCUT2D eigenvalue weighted by atomic mass is 10.2. The average Bonchev–Trinajstić information content (AvgIpc) is 2.54. The Labute approximate surface area is 146 Å². The number of nitrogens with one attached hydrogen (secondary N) is 2. The largest absolute Gasteiger partial charge is 0.343 e. The lowest BCUT2D eigenvalue weighted by molar-refractivity contribution is -0.385. The van der Waals surface area contributed by atoms with Crippen LogP contribution in [0, 0.1) is 17.0 Å². The maximum absolute atomic E-state index is 11.9. The zero-order valence-corrected chi connectivity index (χ0v) is 14.3. The van der Waals surface area contributed by atoms with Gasteiger partial charge in [0.2, 0.25) is 5.91 Å². The van der Waals surface area contributed by atoms with E-state index in [2.05, 4.69) is 26.6 Å². The molecule has 0 aliphatic carbocycles. The number of aryl methyl sites for hydroxylation is 1. The van der Waals surface area contributed by atoms with E-state index < -0.39 is 10.8 Å². The Morgan fingerprint density at radius 2 is 1.96 bits per heavy atom. The van der Waals surface area contributed by atoms with Crippen molar-refractivity contribution in [2.45, 2.75) is 6.92 Å². The van der Waals surface area contributed by atoms with E-state index in [1.807, 2.05) is 0 Å². The van der Waals surface area contributed by atoms with Crippen LogP contribution in [0.3, 0.4) is 0 Å². The van der Waals surface area contributed by atoms with Crippen molar-refractivity contribution < 1.29 is 14.5 Å². The first kappa shape index (κ1) is 17.6. The summed E-state index contributed by atoms with van der Waals surface area (Å²) in [5.74, 6) is -0.863. The summed E-state index contributed by atoms with van der Waals surface area (Å²) in [6.45, 7) is 1.37. The molecular formula is C16H14BrN3O4. The van der Waals surface area contributed by atoms with Crippen molar-refractivity contribution in [2.75, 3.05) is 11.9 Å². The Morgan fingerprint density at radius 3 is 2.62 bits per heavy atom. The molecule has 2 rings (SSSR count). The number of halogens is 1. The third kappa shape index (κ3) is 4.63. The molecule has 0 spiro atoms. The second kappa shape index (κ2) is 7.69. The molecule has 2 amide bonds. The molecule has 7 nitrogen and oxygen atoms in total. The Hall–Kier alpha value is -2.74. The summed E-state index contributed by atoms with van der Waals surface area (Å²) in [6, 6.07) is 11.2. The minimum absolute atomic E-state index is 0.0778. The third-order valence-corrected chi connectivity index (χ3v) is 3.68. The maximum atomic E-state index is 11.9. The number of nitro groups is 1. The fourth-order valence-corrected chi connectivity index (χ4v) is 2.38. The fourth-order valence-electron chi connectivity index (χ4n) is 1.98. The van der Waals surface area contributed by atoms with E-state index >= 15 is 0 Å². The second-order valence-electron chi connectivity index (χ2n) is 5.00. The molecule has 0 aliphatic rings. The molecule has 2 N–H and O–H groups in total. The van der Waals surface area contributed by atoms with E-state index in [1.165, 1.54) is 6.07 Å². The van der Waals surface area contributed by atoms with Gasteiger partial charge in [-0.1, -0.05) is 28.1 Å². The van der Waals surface area contributed by atoms with E-state index in [0.717, 1.165) is 4.47 Å². The molecule has 0 unspecified atom stereocenters. The molecule has 0 saturated heterocycles. The van der Waals surface area contributed by atoms with Crippen LogP contribution in [0.15, 0.2) is 46.9 Å². The summed E-state index contributed by atoms with van der Waals surface area (Å²) in [5, 5.41) is 15.9. The Balaban J connectivity index is 1.95. The average molecular weight is 392 g/mol. The first-order chi connectivity index (χ1) is 11.4. The molecule has 0 aromatic heterocycles. The van der Waals surface area contributed by atoms with Gasteiger partial charge in [-0.2, -0.15) is 0 Å². The monoisotopic (exact) mass is 391 g/mol. The standard InChI is InChI=1S/C16H14BrN3O4/c1-10-5-6-13(8-14(10)20(23)24)19-15(21)9-18-16(22)11-3-2-4-12(17)7-11/h2-8H,9H2,1H3,(H,18,22)(H,19,21). The number of anilines is 1. The number of carbonyl (C=O) groups is 2. The van der Waals surface area contributed by atoms with Gasteiger partial charge >= 0.3 is 0 Å². The van der Waals surface area contributed by atoms with E-state index in [1.54, 1.807) is 43.3 Å². The predicted molar refractivity (Wildman–Crippen MR) is 92.9 cm³/mol. The highest BCUT2D eigenvalue weighted by molar-refractivity contribution is 9.10. The second-order valence-corrected chi connectivity index (χ2v) is 5.92. The van der Waals surface area contributed by atoms with E-state index in [0.29, 0.717) is 16.8 Å². The quantitative estimate of drug-likeness (QED) is 0.603. The first-order valence-corrected chi connectivity index (χ1v) is 7.75. The molecule has 0 atom stereocenters. The summed E-state index contributed by atoms with van der Waals surface area (Å²) in [5.41, 5.74) is 1.14. The highest BCUT2D eigenvalue weighted by Gasteiger charge is 2.13. The van der Waals surface area contributed by atoms with Gasteiger partial charge in [-0.3, -0.25) is 19.7 Å². The van der Waals surface area contributed by atoms with Crippen LogP contribution in [0.4, 0.5) is 11.4 Å². The normalized spacial score (nSPS) is 10.1. The van der Waals surface area contributed by atoms with Crippen LogP contribution in [-0.2, 0) is 4.79 Å². The van der Waals surface area contributed by atoms with Crippen molar-refractivity contribution in [3.63, 3.8) is 0 Å². The van der Waals surface area contributed by atoms with Gasteiger partial charge in [-0.25, -0.2) is 0 Å². The van der Waals surface area contributed by atoms with Gasteiger partial charge in [-0.05, 0) is 31.2 Å². The number of hydrogen-bond donors (Lipinski definition) is 2. The minimum atomic E-state index is -0.514. The summed E-state index contributed by atoms with van der Waals surface area (Å²) in [7, 11) is 0. The number of benzene rings is 2. The van der Waals surface area contributed by atoms with Crippen molar-refractivity contribution in [1.29, 1.82) is 0 Å². The Kier molecular flexibility index (Phi) is 5.64. The number of carbonyl (C=O) groups excluding carboxylic acids is 2. The SMILES string of the molecule is Cc1ccc(NC(=O)CNC(=O)c2cccc(Br)c2)cc1[N+](=O)[O-]. The van der Waals surface area contributed by atoms with Crippen LogP contribution in [-0.4, -0.2) is 23.3 Å². The molecule has 0 bridgehead atoms. The third-order valence-electron chi connectivity index (χ3n) is 3.19. The van der Waals surface area contributed by atoms with Gasteiger partial charge < -0.3 is 10.6 Å². The van der Waals surface area contributed by atoms with Crippen LogP contribution in [0.1, 0.15) is 15.9 Å². The lowest BCUT2D eigenvalue weighted by Gasteiger charge is -2.08. The fraction of sp³-hybridized carbons (Fsp3) is 0.125. The molecule has 2 aromatic carbocycles. The first-order valence-electron chi connectivity index (χ1n) is 6.95. The van der Waals surface area contributed by atoms with Crippen LogP contribution in [0.25, 0.3) is 0 Å². The van der Waals surface area contributed by atoms with Gasteiger partial charge in [0.15, 0.2) is 0 Å². The summed E-state index contributed by atoms with van der Waals surface area (Å²) < 4.78 is 0.756. The zero-order valence-electron chi connectivity index (χ0n) is 12.7. The van der Waals surface area contributed by atoms with E-state index in [-0.39, 0.29) is 18.1 Å². The minimum Gasteiger partial charge on any atom is -0.343 e. The zero-order chi connectivity index (χ0) is 17.7. The van der Waals surface area contributed by atoms with Gasteiger partial charge in [0, 0.05) is 27.4 Å².